The van der Waals surface area contributed by atoms with Gasteiger partial charge in [-0.15, -0.1) is 0 Å². The molecular weight excluding hydrogens is 357 g/mol. The van der Waals surface area contributed by atoms with Gasteiger partial charge in [-0.2, -0.15) is 0 Å². The summed E-state index contributed by atoms with van der Waals surface area (Å²) in [5, 5.41) is 0. The van der Waals surface area contributed by atoms with Crippen LogP contribution in [-0.4, -0.2) is 30.3 Å². The Morgan fingerprint density at radius 2 is 0.769 bits per heavy atom. The fourth-order valence-corrected chi connectivity index (χ4v) is 0. The van der Waals surface area contributed by atoms with Gasteiger partial charge in [-0.3, -0.25) is 0 Å². The van der Waals surface area contributed by atoms with Gasteiger partial charge in [0.25, 0.3) is 0 Å². The second kappa shape index (κ2) is 11.9. The summed E-state index contributed by atoms with van der Waals surface area (Å²) in [5.74, 6) is 0. The molecule has 0 fully saturated rings. The summed E-state index contributed by atoms with van der Waals surface area (Å²) in [6, 6.07) is 0. The molecule has 0 saturated carbocycles. The Hall–Kier alpha value is 1.78. The second-order valence-electron chi connectivity index (χ2n) is 1.03. The fraction of sp³-hybridized carbons (Fsp3) is 0. The smallest absolute Gasteiger partial charge is 0 e. The van der Waals surface area contributed by atoms with Crippen LogP contribution in [0.1, 0.15) is 0 Å². The zero-order chi connectivity index (χ0) is 11.0. The van der Waals surface area contributed by atoms with Gasteiger partial charge in [0.05, 0.1) is 0 Å². The topological polar surface area (TPSA) is 156 Å². The molecule has 8 nitrogen and oxygen atoms in total. The fourth-order valence-electron chi connectivity index (χ4n) is 0. The zero-order valence-corrected chi connectivity index (χ0v) is 10.6. The van der Waals surface area contributed by atoms with Gasteiger partial charge in [0.1, 0.15) is 0 Å². The van der Waals surface area contributed by atoms with Crippen molar-refractivity contribution in [3.63, 3.8) is 0 Å². The van der Waals surface area contributed by atoms with E-state index in [0.29, 0.717) is 0 Å². The first-order valence-corrected chi connectivity index (χ1v) is 4.70. The van der Waals surface area contributed by atoms with Crippen LogP contribution in [0, 0.1) is 0 Å². The second-order valence-corrected chi connectivity index (χ2v) is 3.08. The van der Waals surface area contributed by atoms with E-state index in [9.17, 15) is 0 Å². The van der Waals surface area contributed by atoms with Crippen LogP contribution in [-0.2, 0) is 60.2 Å². The zero-order valence-electron chi connectivity index (χ0n) is 6.45. The maximum Gasteiger partial charge on any atom is 0 e. The van der Waals surface area contributed by atoms with Gasteiger partial charge >= 0.3 is 33.5 Å². The van der Waals surface area contributed by atoms with E-state index in [1.165, 1.54) is 0 Å². The molecule has 0 bridgehead atoms. The molecule has 0 saturated heterocycles. The van der Waals surface area contributed by atoms with Crippen LogP contribution in [0.15, 0.2) is 0 Å². The summed E-state index contributed by atoms with van der Waals surface area (Å²) in [7, 11) is -9.28. The van der Waals surface area contributed by atoms with E-state index in [2.05, 4.69) is 16.9 Å². The molecule has 6 N–H and O–H groups in total. The minimum atomic E-state index is -4.64. The number of phosphoric acid groups is 2. The molecular formula is H7Fe3O8P2. The summed E-state index contributed by atoms with van der Waals surface area (Å²) < 4.78 is 23.3. The van der Waals surface area contributed by atoms with Gasteiger partial charge in [0, 0.05) is 34.1 Å². The first-order valence-electron chi connectivity index (χ1n) is 1.92. The van der Waals surface area contributed by atoms with E-state index in [4.69, 9.17) is 39.4 Å². The normalized spacial score (nSPS) is 9.62. The van der Waals surface area contributed by atoms with E-state index in [1.54, 1.807) is 0 Å². The predicted molar refractivity (Wildman–Crippen MR) is 29.9 cm³/mol. The summed E-state index contributed by atoms with van der Waals surface area (Å²) in [4.78, 5) is 43.1. The standard InChI is InChI=1S/3Fe.2H3O4P.H/c;;;2*1-5(2,3)4;/h;;;2*(H3,1,2,3,4);/i;;;;;1+2. The van der Waals surface area contributed by atoms with Gasteiger partial charge in [0.2, 0.25) is 0 Å². The predicted octanol–water partition coefficient (Wildman–Crippen LogP) is -2.13. The Balaban J connectivity index is -0.0000000292. The molecule has 13 heavy (non-hydrogen) atoms. The van der Waals surface area contributed by atoms with E-state index in [1.807, 2.05) is 0 Å². The van der Waals surface area contributed by atoms with Crippen molar-refractivity contribution in [3.05, 3.63) is 0 Å². The molecule has 0 aliphatic rings. The maximum absolute atomic E-state index is 8.88. The van der Waals surface area contributed by atoms with Crippen molar-refractivity contribution in [1.82, 2.24) is 0 Å². The van der Waals surface area contributed by atoms with Crippen LogP contribution in [0.3, 0.4) is 0 Å². The first kappa shape index (κ1) is 24.1. The van der Waals surface area contributed by atoms with Crippen molar-refractivity contribution < 1.29 is 89.6 Å². The molecule has 0 aromatic rings. The summed E-state index contributed by atoms with van der Waals surface area (Å²) in [6.45, 7) is 0. The molecule has 0 heterocycles. The van der Waals surface area contributed by atoms with Crippen LogP contribution >= 0.6 is 15.6 Å². The average Bonchev–Trinajstić information content (AvgIpc) is 1.59. The van der Waals surface area contributed by atoms with Gasteiger partial charge in [-0.25, -0.2) is 9.13 Å². The van der Waals surface area contributed by atoms with Crippen LogP contribution in [0.4, 0.5) is 0 Å². The van der Waals surface area contributed by atoms with Crippen molar-refractivity contribution >= 4 is 15.6 Å². The molecule has 0 aromatic heterocycles. The molecule has 0 amide bonds. The SMILES string of the molecule is O=P(O)(O)O.O=P(O)(O)O.[3H][Fe].[Fe].[Fe]. The Labute approximate surface area is 106 Å². The third-order valence-electron chi connectivity index (χ3n) is 0. The molecule has 0 spiro atoms. The Morgan fingerprint density at radius 3 is 0.769 bits per heavy atom. The van der Waals surface area contributed by atoms with Gasteiger partial charge in [-0.1, -0.05) is 0 Å². The molecule has 0 aliphatic carbocycles. The van der Waals surface area contributed by atoms with E-state index < -0.39 is 15.6 Å². The molecule has 0 rings (SSSR count). The maximum atomic E-state index is 8.88. The quantitative estimate of drug-likeness (QED) is 0.210. The van der Waals surface area contributed by atoms with Crippen LogP contribution in [0.25, 0.3) is 0 Å². The van der Waals surface area contributed by atoms with E-state index in [-0.39, 0.29) is 34.1 Å². The molecule has 0 aromatic carbocycles. The molecule has 0 aliphatic heterocycles. The minimum absolute atomic E-state index is 0. The van der Waals surface area contributed by atoms with Gasteiger partial charge in [-0.05, 0) is 0 Å². The van der Waals surface area contributed by atoms with Crippen LogP contribution < -0.4 is 0 Å². The average molecular weight is 367 g/mol. The van der Waals surface area contributed by atoms with Crippen molar-refractivity contribution in [2.24, 2.45) is 0 Å². The molecule has 13 heteroatoms. The molecule has 0 unspecified atom stereocenters. The summed E-state index contributed by atoms with van der Waals surface area (Å²) >= 11 is 2.50. The van der Waals surface area contributed by atoms with Crippen molar-refractivity contribution in [1.29, 1.82) is 0.954 Å². The first-order chi connectivity index (χ1) is 5.00. The third-order valence-corrected chi connectivity index (χ3v) is 0. The molecule has 0 atom stereocenters. The Kier molecular flexibility index (Phi) is 22.0. The van der Waals surface area contributed by atoms with Crippen LogP contribution in [0.5, 0.6) is 0 Å². The number of hydrogen-bond acceptors (Lipinski definition) is 2. The van der Waals surface area contributed by atoms with Gasteiger partial charge in [0.15, 0.2) is 0 Å². The monoisotopic (exact) mass is 367 g/mol. The largest absolute Gasteiger partial charge is 0 e. The summed E-state index contributed by atoms with van der Waals surface area (Å²) in [5.41, 5.74) is 0. The Bertz CT molecular complexity index is 135. The number of hydrogen-bond donors (Lipinski definition) is 6. The van der Waals surface area contributed by atoms with E-state index >= 15 is 0 Å². The van der Waals surface area contributed by atoms with Crippen molar-refractivity contribution in [2.45, 2.75) is 0 Å². The van der Waals surface area contributed by atoms with Crippen molar-refractivity contribution in [3.8, 4) is 0 Å². The number of rotatable bonds is 0. The van der Waals surface area contributed by atoms with Crippen LogP contribution in [0.2, 0.25) is 0 Å². The summed E-state index contributed by atoms with van der Waals surface area (Å²) in [6.07, 6.45) is 0. The molecule has 89 valence electrons. The van der Waals surface area contributed by atoms with E-state index in [0.717, 1.165) is 0 Å². The Morgan fingerprint density at radius 1 is 0.769 bits per heavy atom. The minimum Gasteiger partial charge on any atom is 0 e. The van der Waals surface area contributed by atoms with Gasteiger partial charge < -0.3 is 29.4 Å². The van der Waals surface area contributed by atoms with Crippen molar-refractivity contribution in [2.75, 3.05) is 0 Å². The molecule has 0 radical (unpaired) electrons. The third kappa shape index (κ3) is 604.